The summed E-state index contributed by atoms with van der Waals surface area (Å²) >= 11 is 2.23. The lowest BCUT2D eigenvalue weighted by molar-refractivity contribution is 0.0951. The molecule has 0 bridgehead atoms. The maximum atomic E-state index is 12.1. The summed E-state index contributed by atoms with van der Waals surface area (Å²) in [6.45, 7) is 8.20. The number of piperazine rings is 1. The molecule has 0 atom stereocenters. The molecule has 0 radical (unpaired) electrons. The van der Waals surface area contributed by atoms with Crippen LogP contribution in [0, 0.1) is 10.5 Å². The fraction of sp³-hybridized carbons (Fsp3) is 0.381. The lowest BCUT2D eigenvalue weighted by atomic mass is 10.2. The first kappa shape index (κ1) is 19.2. The van der Waals surface area contributed by atoms with Crippen LogP contribution >= 0.6 is 22.6 Å². The van der Waals surface area contributed by atoms with Gasteiger partial charge in [0.25, 0.3) is 5.91 Å². The normalized spacial score (nSPS) is 15.1. The Morgan fingerprint density at radius 3 is 2.58 bits per heavy atom. The van der Waals surface area contributed by atoms with Crippen LogP contribution in [0.1, 0.15) is 22.3 Å². The van der Waals surface area contributed by atoms with Gasteiger partial charge in [0, 0.05) is 47.5 Å². The van der Waals surface area contributed by atoms with Crippen molar-refractivity contribution in [1.82, 2.24) is 10.2 Å². The average Bonchev–Trinajstić information content (AvgIpc) is 2.65. The molecule has 1 fully saturated rings. The van der Waals surface area contributed by atoms with E-state index >= 15 is 0 Å². The van der Waals surface area contributed by atoms with Gasteiger partial charge < -0.3 is 10.2 Å². The first-order chi connectivity index (χ1) is 12.6. The highest BCUT2D eigenvalue weighted by molar-refractivity contribution is 14.1. The Balaban J connectivity index is 1.36. The molecular formula is C21H26IN3O. The van der Waals surface area contributed by atoms with Crippen molar-refractivity contribution in [3.63, 3.8) is 0 Å². The van der Waals surface area contributed by atoms with E-state index in [1.807, 2.05) is 24.3 Å². The topological polar surface area (TPSA) is 35.6 Å². The van der Waals surface area contributed by atoms with Crippen LogP contribution in [-0.4, -0.2) is 50.1 Å². The van der Waals surface area contributed by atoms with Crippen LogP contribution in [0.2, 0.25) is 0 Å². The van der Waals surface area contributed by atoms with Crippen molar-refractivity contribution in [2.24, 2.45) is 0 Å². The van der Waals surface area contributed by atoms with Crippen LogP contribution < -0.4 is 10.2 Å². The van der Waals surface area contributed by atoms with Gasteiger partial charge >= 0.3 is 0 Å². The Hall–Kier alpha value is -1.60. The molecule has 1 aliphatic heterocycles. The number of carbonyl (C=O) groups is 1. The molecule has 5 heteroatoms. The van der Waals surface area contributed by atoms with E-state index in [4.69, 9.17) is 0 Å². The monoisotopic (exact) mass is 463 g/mol. The molecule has 2 aromatic carbocycles. The van der Waals surface area contributed by atoms with E-state index in [2.05, 4.69) is 68.9 Å². The Labute approximate surface area is 169 Å². The van der Waals surface area contributed by atoms with E-state index in [0.717, 1.165) is 54.8 Å². The maximum absolute atomic E-state index is 12.1. The molecule has 1 heterocycles. The molecular weight excluding hydrogens is 437 g/mol. The Morgan fingerprint density at radius 2 is 1.85 bits per heavy atom. The minimum atomic E-state index is 0.0211. The number of nitrogens with one attached hydrogen (secondary N) is 1. The Bertz CT molecular complexity index is 742. The standard InChI is InChI=1S/C21H26IN3O/c1-17-5-2-8-20(15-17)25-13-11-24(12-14-25)10-4-9-23-21(26)18-6-3-7-19(22)16-18/h2-3,5-8,15-16H,4,9-14H2,1H3,(H,23,26). The van der Waals surface area contributed by atoms with Crippen molar-refractivity contribution in [3.8, 4) is 0 Å². The highest BCUT2D eigenvalue weighted by Gasteiger charge is 2.16. The van der Waals surface area contributed by atoms with Gasteiger partial charge in [-0.05, 0) is 78.4 Å². The van der Waals surface area contributed by atoms with E-state index in [-0.39, 0.29) is 5.91 Å². The number of hydrogen-bond acceptors (Lipinski definition) is 3. The molecule has 4 nitrogen and oxygen atoms in total. The Morgan fingerprint density at radius 1 is 1.08 bits per heavy atom. The average molecular weight is 463 g/mol. The predicted molar refractivity (Wildman–Crippen MR) is 116 cm³/mol. The van der Waals surface area contributed by atoms with Crippen LogP contribution in [0.15, 0.2) is 48.5 Å². The number of hydrogen-bond donors (Lipinski definition) is 1. The van der Waals surface area contributed by atoms with Crippen molar-refractivity contribution < 1.29 is 4.79 Å². The summed E-state index contributed by atoms with van der Waals surface area (Å²) in [6, 6.07) is 16.4. The largest absolute Gasteiger partial charge is 0.369 e. The fourth-order valence-electron chi connectivity index (χ4n) is 3.29. The summed E-state index contributed by atoms with van der Waals surface area (Å²) in [4.78, 5) is 17.1. The van der Waals surface area contributed by atoms with E-state index in [9.17, 15) is 4.79 Å². The lowest BCUT2D eigenvalue weighted by Crippen LogP contribution is -2.47. The molecule has 1 saturated heterocycles. The quantitative estimate of drug-likeness (QED) is 0.526. The number of benzene rings is 2. The number of carbonyl (C=O) groups excluding carboxylic acids is 1. The predicted octanol–water partition coefficient (Wildman–Crippen LogP) is 3.54. The first-order valence-electron chi connectivity index (χ1n) is 9.19. The molecule has 2 aromatic rings. The van der Waals surface area contributed by atoms with Crippen molar-refractivity contribution in [2.75, 3.05) is 44.2 Å². The second-order valence-corrected chi connectivity index (χ2v) is 8.03. The molecule has 1 aliphatic rings. The highest BCUT2D eigenvalue weighted by Crippen LogP contribution is 2.17. The third-order valence-electron chi connectivity index (χ3n) is 4.76. The molecule has 0 spiro atoms. The number of halogens is 1. The highest BCUT2D eigenvalue weighted by atomic mass is 127. The molecule has 138 valence electrons. The molecule has 26 heavy (non-hydrogen) atoms. The molecule has 0 aromatic heterocycles. The van der Waals surface area contributed by atoms with Crippen LogP contribution in [0.25, 0.3) is 0 Å². The van der Waals surface area contributed by atoms with Gasteiger partial charge in [-0.15, -0.1) is 0 Å². The van der Waals surface area contributed by atoms with Gasteiger partial charge in [-0.2, -0.15) is 0 Å². The zero-order valence-corrected chi connectivity index (χ0v) is 17.4. The van der Waals surface area contributed by atoms with Gasteiger partial charge in [0.15, 0.2) is 0 Å². The number of rotatable bonds is 6. The molecule has 0 saturated carbocycles. The van der Waals surface area contributed by atoms with Gasteiger partial charge in [0.05, 0.1) is 0 Å². The van der Waals surface area contributed by atoms with Crippen molar-refractivity contribution in [2.45, 2.75) is 13.3 Å². The molecule has 0 aliphatic carbocycles. The van der Waals surface area contributed by atoms with Crippen LogP contribution in [0.4, 0.5) is 5.69 Å². The summed E-state index contributed by atoms with van der Waals surface area (Å²) < 4.78 is 1.08. The summed E-state index contributed by atoms with van der Waals surface area (Å²) in [5, 5.41) is 3.03. The van der Waals surface area contributed by atoms with Gasteiger partial charge in [-0.25, -0.2) is 0 Å². The van der Waals surface area contributed by atoms with Crippen molar-refractivity contribution >= 4 is 34.2 Å². The zero-order valence-electron chi connectivity index (χ0n) is 15.2. The number of aryl methyl sites for hydroxylation is 1. The van der Waals surface area contributed by atoms with Gasteiger partial charge in [-0.3, -0.25) is 9.69 Å². The third kappa shape index (κ3) is 5.45. The number of amides is 1. The summed E-state index contributed by atoms with van der Waals surface area (Å²) in [6.07, 6.45) is 0.986. The van der Waals surface area contributed by atoms with E-state index in [1.54, 1.807) is 0 Å². The SMILES string of the molecule is Cc1cccc(N2CCN(CCCNC(=O)c3cccc(I)c3)CC2)c1. The molecule has 1 N–H and O–H groups in total. The summed E-state index contributed by atoms with van der Waals surface area (Å²) in [5.41, 5.74) is 3.38. The molecule has 1 amide bonds. The molecule has 3 rings (SSSR count). The van der Waals surface area contributed by atoms with Crippen LogP contribution in [0.5, 0.6) is 0 Å². The van der Waals surface area contributed by atoms with E-state index < -0.39 is 0 Å². The summed E-state index contributed by atoms with van der Waals surface area (Å²) in [5.74, 6) is 0.0211. The minimum absolute atomic E-state index is 0.0211. The fourth-order valence-corrected chi connectivity index (χ4v) is 3.83. The smallest absolute Gasteiger partial charge is 0.251 e. The van der Waals surface area contributed by atoms with Crippen molar-refractivity contribution in [1.29, 1.82) is 0 Å². The zero-order chi connectivity index (χ0) is 18.4. The minimum Gasteiger partial charge on any atom is -0.369 e. The lowest BCUT2D eigenvalue weighted by Gasteiger charge is -2.36. The first-order valence-corrected chi connectivity index (χ1v) is 10.3. The van der Waals surface area contributed by atoms with E-state index in [0.29, 0.717) is 0 Å². The second-order valence-electron chi connectivity index (χ2n) is 6.79. The maximum Gasteiger partial charge on any atom is 0.251 e. The number of nitrogens with zero attached hydrogens (tertiary/aromatic N) is 2. The Kier molecular flexibility index (Phi) is 6.91. The molecule has 0 unspecified atom stereocenters. The number of anilines is 1. The van der Waals surface area contributed by atoms with Crippen LogP contribution in [-0.2, 0) is 0 Å². The second kappa shape index (κ2) is 9.37. The summed E-state index contributed by atoms with van der Waals surface area (Å²) in [7, 11) is 0. The van der Waals surface area contributed by atoms with Crippen LogP contribution in [0.3, 0.4) is 0 Å². The van der Waals surface area contributed by atoms with E-state index in [1.165, 1.54) is 11.3 Å². The third-order valence-corrected chi connectivity index (χ3v) is 5.43. The van der Waals surface area contributed by atoms with Crippen molar-refractivity contribution in [3.05, 3.63) is 63.2 Å². The van der Waals surface area contributed by atoms with Gasteiger partial charge in [0.1, 0.15) is 0 Å². The van der Waals surface area contributed by atoms with Gasteiger partial charge in [0.2, 0.25) is 0 Å². The van der Waals surface area contributed by atoms with Gasteiger partial charge in [-0.1, -0.05) is 18.2 Å².